The van der Waals surface area contributed by atoms with E-state index < -0.39 is 6.04 Å². The highest BCUT2D eigenvalue weighted by molar-refractivity contribution is 5.89. The molecule has 0 aliphatic carbocycles. The summed E-state index contributed by atoms with van der Waals surface area (Å²) >= 11 is 0. The number of aromatic nitrogens is 1. The summed E-state index contributed by atoms with van der Waals surface area (Å²) in [5, 5.41) is 6.41. The van der Waals surface area contributed by atoms with Gasteiger partial charge in [0.05, 0.1) is 12.2 Å². The van der Waals surface area contributed by atoms with Crippen LogP contribution in [-0.2, 0) is 16.1 Å². The van der Waals surface area contributed by atoms with E-state index in [1.54, 1.807) is 17.9 Å². The maximum atomic E-state index is 12.0. The monoisotopic (exact) mass is 237 g/mol. The molecule has 1 aliphatic rings. The number of aryl methyl sites for hydroxylation is 1. The summed E-state index contributed by atoms with van der Waals surface area (Å²) in [4.78, 5) is 24.9. The molecule has 0 saturated carbocycles. The largest absolute Gasteiger partial charge is 0.359 e. The quantitative estimate of drug-likeness (QED) is 0.798. The smallest absolute Gasteiger partial charge is 0.245 e. The van der Waals surface area contributed by atoms with Crippen LogP contribution in [0.5, 0.6) is 0 Å². The van der Waals surface area contributed by atoms with Crippen LogP contribution in [0, 0.1) is 6.92 Å². The standard InChI is InChI=1S/C11H15N3O3/c1-7-5-9(17-13-7)6-14-4-3-10(15)12-8(2)11(14)16/h5,8H,3-4,6H2,1-2H3,(H,12,15). The second-order valence-electron chi connectivity index (χ2n) is 4.23. The molecule has 0 aromatic carbocycles. The highest BCUT2D eigenvalue weighted by Gasteiger charge is 2.27. The number of carbonyl (C=O) groups excluding carboxylic acids is 2. The van der Waals surface area contributed by atoms with Crippen LogP contribution in [0.2, 0.25) is 0 Å². The van der Waals surface area contributed by atoms with E-state index in [0.29, 0.717) is 25.3 Å². The molecule has 1 aromatic heterocycles. The predicted octanol–water partition coefficient (Wildman–Crippen LogP) is 0.220. The number of hydrogen-bond acceptors (Lipinski definition) is 4. The van der Waals surface area contributed by atoms with Crippen LogP contribution in [0.25, 0.3) is 0 Å². The summed E-state index contributed by atoms with van der Waals surface area (Å²) in [6.45, 7) is 4.28. The van der Waals surface area contributed by atoms with Gasteiger partial charge in [0.25, 0.3) is 0 Å². The van der Waals surface area contributed by atoms with Crippen molar-refractivity contribution in [3.8, 4) is 0 Å². The van der Waals surface area contributed by atoms with E-state index >= 15 is 0 Å². The van der Waals surface area contributed by atoms with Gasteiger partial charge in [0, 0.05) is 19.0 Å². The van der Waals surface area contributed by atoms with E-state index in [2.05, 4.69) is 10.5 Å². The van der Waals surface area contributed by atoms with Gasteiger partial charge in [0.15, 0.2) is 5.76 Å². The minimum absolute atomic E-state index is 0.0927. The third kappa shape index (κ3) is 2.64. The van der Waals surface area contributed by atoms with E-state index in [-0.39, 0.29) is 11.8 Å². The first-order valence-corrected chi connectivity index (χ1v) is 5.56. The molecule has 1 unspecified atom stereocenters. The van der Waals surface area contributed by atoms with Gasteiger partial charge in [-0.1, -0.05) is 5.16 Å². The van der Waals surface area contributed by atoms with Gasteiger partial charge in [0.2, 0.25) is 11.8 Å². The molecule has 17 heavy (non-hydrogen) atoms. The van der Waals surface area contributed by atoms with Gasteiger partial charge < -0.3 is 14.7 Å². The molecular weight excluding hydrogens is 222 g/mol. The first kappa shape index (κ1) is 11.6. The SMILES string of the molecule is Cc1cc(CN2CCC(=O)NC(C)C2=O)on1. The molecule has 6 heteroatoms. The molecule has 1 atom stereocenters. The summed E-state index contributed by atoms with van der Waals surface area (Å²) in [7, 11) is 0. The van der Waals surface area contributed by atoms with Gasteiger partial charge in [-0.05, 0) is 13.8 Å². The molecule has 2 rings (SSSR count). The van der Waals surface area contributed by atoms with Crippen molar-refractivity contribution < 1.29 is 14.1 Å². The Morgan fingerprint density at radius 2 is 2.35 bits per heavy atom. The molecule has 1 aliphatic heterocycles. The number of amides is 2. The second kappa shape index (κ2) is 4.57. The highest BCUT2D eigenvalue weighted by atomic mass is 16.5. The first-order valence-electron chi connectivity index (χ1n) is 5.56. The van der Waals surface area contributed by atoms with Crippen LogP contribution in [-0.4, -0.2) is 34.5 Å². The lowest BCUT2D eigenvalue weighted by atomic mass is 10.3. The van der Waals surface area contributed by atoms with Crippen molar-refractivity contribution in [1.29, 1.82) is 0 Å². The zero-order chi connectivity index (χ0) is 12.4. The van der Waals surface area contributed by atoms with Crippen LogP contribution in [0.3, 0.4) is 0 Å². The fraction of sp³-hybridized carbons (Fsp3) is 0.545. The number of carbonyl (C=O) groups is 2. The van der Waals surface area contributed by atoms with Crippen molar-refractivity contribution in [3.63, 3.8) is 0 Å². The average Bonchev–Trinajstić information content (AvgIpc) is 2.64. The zero-order valence-electron chi connectivity index (χ0n) is 9.90. The fourth-order valence-corrected chi connectivity index (χ4v) is 1.83. The topological polar surface area (TPSA) is 75.4 Å². The minimum atomic E-state index is -0.478. The lowest BCUT2D eigenvalue weighted by Gasteiger charge is -2.20. The third-order valence-electron chi connectivity index (χ3n) is 2.69. The summed E-state index contributed by atoms with van der Waals surface area (Å²) in [5.74, 6) is 0.449. The minimum Gasteiger partial charge on any atom is -0.359 e. The normalized spacial score (nSPS) is 21.3. The van der Waals surface area contributed by atoms with Gasteiger partial charge in [-0.15, -0.1) is 0 Å². The first-order chi connectivity index (χ1) is 8.06. The van der Waals surface area contributed by atoms with Gasteiger partial charge in [-0.25, -0.2) is 0 Å². The molecule has 6 nitrogen and oxygen atoms in total. The van der Waals surface area contributed by atoms with Gasteiger partial charge in [0.1, 0.15) is 6.04 Å². The number of hydrogen-bond donors (Lipinski definition) is 1. The molecular formula is C11H15N3O3. The van der Waals surface area contributed by atoms with Gasteiger partial charge in [-0.2, -0.15) is 0 Å². The summed E-state index contributed by atoms with van der Waals surface area (Å²) in [6.07, 6.45) is 0.323. The van der Waals surface area contributed by atoms with E-state index in [9.17, 15) is 9.59 Å². The molecule has 92 valence electrons. The van der Waals surface area contributed by atoms with Gasteiger partial charge in [-0.3, -0.25) is 9.59 Å². The van der Waals surface area contributed by atoms with Crippen molar-refractivity contribution in [1.82, 2.24) is 15.4 Å². The van der Waals surface area contributed by atoms with E-state index in [1.165, 1.54) is 0 Å². The molecule has 0 spiro atoms. The molecule has 1 fully saturated rings. The molecule has 1 aromatic rings. The molecule has 0 radical (unpaired) electrons. The molecule has 1 N–H and O–H groups in total. The fourth-order valence-electron chi connectivity index (χ4n) is 1.83. The number of nitrogens with one attached hydrogen (secondary N) is 1. The van der Waals surface area contributed by atoms with E-state index in [1.807, 2.05) is 6.92 Å². The summed E-state index contributed by atoms with van der Waals surface area (Å²) in [6, 6.07) is 1.31. The number of nitrogens with zero attached hydrogens (tertiary/aromatic N) is 2. The Morgan fingerprint density at radius 1 is 1.59 bits per heavy atom. The van der Waals surface area contributed by atoms with Crippen molar-refractivity contribution >= 4 is 11.8 Å². The number of rotatable bonds is 2. The van der Waals surface area contributed by atoms with Crippen LogP contribution in [0.4, 0.5) is 0 Å². The Labute approximate surface area is 98.9 Å². The molecule has 2 heterocycles. The second-order valence-corrected chi connectivity index (χ2v) is 4.23. The molecule has 0 bridgehead atoms. The Kier molecular flexibility index (Phi) is 3.12. The third-order valence-corrected chi connectivity index (χ3v) is 2.69. The van der Waals surface area contributed by atoms with Crippen molar-refractivity contribution in [2.75, 3.05) is 6.54 Å². The lowest BCUT2D eigenvalue weighted by molar-refractivity contribution is -0.133. The maximum absolute atomic E-state index is 12.0. The maximum Gasteiger partial charge on any atom is 0.245 e. The summed E-state index contributed by atoms with van der Waals surface area (Å²) in [5.41, 5.74) is 0.782. The molecule has 2 amide bonds. The van der Waals surface area contributed by atoms with Crippen molar-refractivity contribution in [3.05, 3.63) is 17.5 Å². The van der Waals surface area contributed by atoms with Crippen molar-refractivity contribution in [2.45, 2.75) is 32.9 Å². The van der Waals surface area contributed by atoms with Crippen LogP contribution in [0.1, 0.15) is 24.8 Å². The Morgan fingerprint density at radius 3 is 3.00 bits per heavy atom. The van der Waals surface area contributed by atoms with E-state index in [0.717, 1.165) is 5.69 Å². The lowest BCUT2D eigenvalue weighted by Crippen LogP contribution is -2.42. The molecule has 1 saturated heterocycles. The highest BCUT2D eigenvalue weighted by Crippen LogP contribution is 2.10. The van der Waals surface area contributed by atoms with Crippen molar-refractivity contribution in [2.24, 2.45) is 0 Å². The summed E-state index contributed by atoms with van der Waals surface area (Å²) < 4.78 is 5.07. The predicted molar refractivity (Wildman–Crippen MR) is 58.9 cm³/mol. The van der Waals surface area contributed by atoms with Gasteiger partial charge >= 0.3 is 0 Å². The van der Waals surface area contributed by atoms with Crippen LogP contribution < -0.4 is 5.32 Å². The average molecular weight is 237 g/mol. The van der Waals surface area contributed by atoms with Crippen LogP contribution in [0.15, 0.2) is 10.6 Å². The Hall–Kier alpha value is -1.85. The van der Waals surface area contributed by atoms with Crippen LogP contribution >= 0.6 is 0 Å². The zero-order valence-corrected chi connectivity index (χ0v) is 9.90. The Balaban J connectivity index is 2.08. The van der Waals surface area contributed by atoms with E-state index in [4.69, 9.17) is 4.52 Å². The Bertz CT molecular complexity index is 441.